The molecule has 0 spiro atoms. The van der Waals surface area contributed by atoms with E-state index in [0.717, 1.165) is 44.9 Å². The van der Waals surface area contributed by atoms with Gasteiger partial charge in [0.1, 0.15) is 0 Å². The largest absolute Gasteiger partial charge is 0.394 e. The molecule has 0 aromatic rings. The van der Waals surface area contributed by atoms with Crippen LogP contribution in [0.4, 0.5) is 0 Å². The summed E-state index contributed by atoms with van der Waals surface area (Å²) in [6, 6.07) is 0. The van der Waals surface area contributed by atoms with Crippen LogP contribution in [0.15, 0.2) is 0 Å². The first-order valence-corrected chi connectivity index (χ1v) is 6.58. The van der Waals surface area contributed by atoms with Crippen molar-refractivity contribution in [1.29, 1.82) is 0 Å². The molecule has 0 saturated heterocycles. The second-order valence-electron chi connectivity index (χ2n) is 4.96. The zero-order valence-electron chi connectivity index (χ0n) is 10.5. The molecule has 1 rings (SSSR count). The first-order valence-electron chi connectivity index (χ1n) is 6.58. The minimum absolute atomic E-state index is 0.0537. The summed E-state index contributed by atoms with van der Waals surface area (Å²) in [7, 11) is 0. The fourth-order valence-electron chi connectivity index (χ4n) is 2.42. The number of hydrogen-bond donors (Lipinski definition) is 2. The molecule has 0 unspecified atom stereocenters. The maximum atomic E-state index is 11.8. The second kappa shape index (κ2) is 7.34. The Kier molecular flexibility index (Phi) is 6.07. The van der Waals surface area contributed by atoms with Gasteiger partial charge in [-0.1, -0.05) is 19.3 Å². The van der Waals surface area contributed by atoms with E-state index in [-0.39, 0.29) is 18.1 Å². The molecule has 3 nitrogen and oxygen atoms in total. The van der Waals surface area contributed by atoms with E-state index in [2.05, 4.69) is 11.2 Å². The van der Waals surface area contributed by atoms with Crippen LogP contribution in [0.25, 0.3) is 0 Å². The number of aliphatic hydroxyl groups is 1. The van der Waals surface area contributed by atoms with Gasteiger partial charge >= 0.3 is 0 Å². The van der Waals surface area contributed by atoms with Crippen molar-refractivity contribution in [3.63, 3.8) is 0 Å². The molecule has 0 heterocycles. The van der Waals surface area contributed by atoms with Crippen LogP contribution < -0.4 is 5.32 Å². The fraction of sp³-hybridized carbons (Fsp3) is 0.786. The summed E-state index contributed by atoms with van der Waals surface area (Å²) in [4.78, 5) is 11.8. The van der Waals surface area contributed by atoms with Crippen molar-refractivity contribution in [3.05, 3.63) is 0 Å². The van der Waals surface area contributed by atoms with Gasteiger partial charge in [-0.3, -0.25) is 4.79 Å². The van der Waals surface area contributed by atoms with Crippen LogP contribution in [0.3, 0.4) is 0 Å². The van der Waals surface area contributed by atoms with E-state index in [1.165, 1.54) is 6.42 Å². The molecule has 1 fully saturated rings. The Morgan fingerprint density at radius 3 is 2.59 bits per heavy atom. The highest BCUT2D eigenvalue weighted by Crippen LogP contribution is 2.27. The minimum Gasteiger partial charge on any atom is -0.394 e. The Morgan fingerprint density at radius 1 is 1.29 bits per heavy atom. The molecular weight excluding hydrogens is 214 g/mol. The number of terminal acetylenes is 1. The topological polar surface area (TPSA) is 49.3 Å². The first kappa shape index (κ1) is 14.1. The van der Waals surface area contributed by atoms with Crippen LogP contribution in [0.5, 0.6) is 0 Å². The van der Waals surface area contributed by atoms with Crippen LogP contribution >= 0.6 is 0 Å². The van der Waals surface area contributed by atoms with E-state index in [4.69, 9.17) is 6.42 Å². The van der Waals surface area contributed by atoms with Gasteiger partial charge in [0.2, 0.25) is 5.91 Å². The SMILES string of the molecule is C#CCCCCC(=O)NC1(CO)CCCCC1. The van der Waals surface area contributed by atoms with E-state index in [1.54, 1.807) is 0 Å². The summed E-state index contributed by atoms with van der Waals surface area (Å²) in [5, 5.41) is 12.5. The van der Waals surface area contributed by atoms with Gasteiger partial charge in [0.25, 0.3) is 0 Å². The zero-order valence-corrected chi connectivity index (χ0v) is 10.5. The van der Waals surface area contributed by atoms with Crippen molar-refractivity contribution in [2.45, 2.75) is 63.3 Å². The third kappa shape index (κ3) is 4.79. The van der Waals surface area contributed by atoms with E-state index in [1.807, 2.05) is 0 Å². The predicted molar refractivity (Wildman–Crippen MR) is 68.3 cm³/mol. The lowest BCUT2D eigenvalue weighted by Crippen LogP contribution is -2.52. The molecule has 17 heavy (non-hydrogen) atoms. The second-order valence-corrected chi connectivity index (χ2v) is 4.96. The lowest BCUT2D eigenvalue weighted by molar-refractivity contribution is -0.124. The van der Waals surface area contributed by atoms with Crippen LogP contribution in [-0.4, -0.2) is 23.2 Å². The molecule has 0 atom stereocenters. The molecule has 0 radical (unpaired) electrons. The maximum Gasteiger partial charge on any atom is 0.220 e. The van der Waals surface area contributed by atoms with Gasteiger partial charge in [0.05, 0.1) is 12.1 Å². The Labute approximate surface area is 104 Å². The first-order chi connectivity index (χ1) is 8.22. The lowest BCUT2D eigenvalue weighted by atomic mass is 9.82. The normalized spacial score (nSPS) is 18.4. The summed E-state index contributed by atoms with van der Waals surface area (Å²) in [5.41, 5.74) is -0.346. The minimum atomic E-state index is -0.346. The molecule has 1 saturated carbocycles. The highest BCUT2D eigenvalue weighted by molar-refractivity contribution is 5.76. The number of rotatable bonds is 6. The lowest BCUT2D eigenvalue weighted by Gasteiger charge is -2.36. The van der Waals surface area contributed by atoms with Crippen molar-refractivity contribution < 1.29 is 9.90 Å². The summed E-state index contributed by atoms with van der Waals surface area (Å²) < 4.78 is 0. The van der Waals surface area contributed by atoms with E-state index in [0.29, 0.717) is 6.42 Å². The molecule has 0 aromatic carbocycles. The van der Waals surface area contributed by atoms with Crippen molar-refractivity contribution in [2.75, 3.05) is 6.61 Å². The number of nitrogens with one attached hydrogen (secondary N) is 1. The molecule has 2 N–H and O–H groups in total. The molecule has 1 aliphatic carbocycles. The number of carbonyl (C=O) groups excluding carboxylic acids is 1. The molecule has 1 amide bonds. The summed E-state index contributed by atoms with van der Waals surface area (Å²) >= 11 is 0. The van der Waals surface area contributed by atoms with Gasteiger partial charge in [0, 0.05) is 12.8 Å². The molecule has 0 aliphatic heterocycles. The average Bonchev–Trinajstić information content (AvgIpc) is 2.36. The Morgan fingerprint density at radius 2 is 2.00 bits per heavy atom. The van der Waals surface area contributed by atoms with Gasteiger partial charge in [-0.15, -0.1) is 12.3 Å². The van der Waals surface area contributed by atoms with Crippen molar-refractivity contribution in [1.82, 2.24) is 5.32 Å². The van der Waals surface area contributed by atoms with Crippen LogP contribution in [0, 0.1) is 12.3 Å². The Bertz CT molecular complexity index is 274. The van der Waals surface area contributed by atoms with Crippen LogP contribution in [-0.2, 0) is 4.79 Å². The van der Waals surface area contributed by atoms with Gasteiger partial charge in [-0.25, -0.2) is 0 Å². The summed E-state index contributed by atoms with van der Waals surface area (Å²) in [6.45, 7) is 0.0586. The van der Waals surface area contributed by atoms with Gasteiger partial charge < -0.3 is 10.4 Å². The van der Waals surface area contributed by atoms with Crippen LogP contribution in [0.2, 0.25) is 0 Å². The molecule has 0 bridgehead atoms. The highest BCUT2D eigenvalue weighted by atomic mass is 16.3. The van der Waals surface area contributed by atoms with Gasteiger partial charge in [0.15, 0.2) is 0 Å². The number of aliphatic hydroxyl groups excluding tert-OH is 1. The van der Waals surface area contributed by atoms with E-state index >= 15 is 0 Å². The standard InChI is InChI=1S/C14H23NO2/c1-2-3-4-6-9-13(17)15-14(12-16)10-7-5-8-11-14/h1,16H,3-12H2,(H,15,17). The molecule has 0 aromatic heterocycles. The number of hydrogen-bond acceptors (Lipinski definition) is 2. The highest BCUT2D eigenvalue weighted by Gasteiger charge is 2.32. The zero-order chi connectivity index (χ0) is 12.6. The third-order valence-electron chi connectivity index (χ3n) is 3.49. The Hall–Kier alpha value is -1.01. The molecule has 1 aliphatic rings. The number of carbonyl (C=O) groups is 1. The quantitative estimate of drug-likeness (QED) is 0.548. The number of amides is 1. The van der Waals surface area contributed by atoms with Gasteiger partial charge in [-0.05, 0) is 25.7 Å². The van der Waals surface area contributed by atoms with Crippen molar-refractivity contribution >= 4 is 5.91 Å². The predicted octanol–water partition coefficient (Wildman–Crippen LogP) is 1.99. The van der Waals surface area contributed by atoms with Crippen LogP contribution in [0.1, 0.15) is 57.8 Å². The van der Waals surface area contributed by atoms with Crippen molar-refractivity contribution in [3.8, 4) is 12.3 Å². The molecular formula is C14H23NO2. The summed E-state index contributed by atoms with van der Waals surface area (Å²) in [6.07, 6.45) is 13.3. The average molecular weight is 237 g/mol. The van der Waals surface area contributed by atoms with Crippen molar-refractivity contribution in [2.24, 2.45) is 0 Å². The number of unbranched alkanes of at least 4 members (excludes halogenated alkanes) is 2. The Balaban J connectivity index is 2.30. The maximum absolute atomic E-state index is 11.8. The van der Waals surface area contributed by atoms with E-state index in [9.17, 15) is 9.90 Å². The molecule has 3 heteroatoms. The monoisotopic (exact) mass is 237 g/mol. The third-order valence-corrected chi connectivity index (χ3v) is 3.49. The van der Waals surface area contributed by atoms with Gasteiger partial charge in [-0.2, -0.15) is 0 Å². The molecule has 96 valence electrons. The fourth-order valence-corrected chi connectivity index (χ4v) is 2.42. The summed E-state index contributed by atoms with van der Waals surface area (Å²) in [5.74, 6) is 2.62. The van der Waals surface area contributed by atoms with E-state index < -0.39 is 0 Å². The smallest absolute Gasteiger partial charge is 0.220 e.